The molecule has 2 heterocycles. The van der Waals surface area contributed by atoms with Crippen molar-refractivity contribution >= 4 is 34.3 Å². The first-order valence-corrected chi connectivity index (χ1v) is 11.5. The van der Waals surface area contributed by atoms with E-state index in [-0.39, 0.29) is 24.1 Å². The number of hydrogen-bond donors (Lipinski definition) is 3. The molecular weight excluding hydrogens is 448 g/mol. The summed E-state index contributed by atoms with van der Waals surface area (Å²) >= 11 is 0. The van der Waals surface area contributed by atoms with Gasteiger partial charge in [-0.25, -0.2) is 9.78 Å². The van der Waals surface area contributed by atoms with Crippen LogP contribution >= 0.6 is 0 Å². The van der Waals surface area contributed by atoms with E-state index in [1.165, 1.54) is 7.11 Å². The standard InChI is InChI=1S/C26H34N4O5/c1-17(15-26(2,3)33)28-19-14-20-22(29-21(31)13-18-9-7-6-8-10-18)23(25(32)35-5)30(11-12-34-4)24(20)27-16-19/h6-10,14,16-17,28,33H,11-13,15H2,1-5H3,(H,29,31)/t17-/m1/s1. The van der Waals surface area contributed by atoms with Crippen LogP contribution in [0.2, 0.25) is 0 Å². The van der Waals surface area contributed by atoms with Crippen molar-refractivity contribution < 1.29 is 24.2 Å². The number of esters is 1. The minimum absolute atomic E-state index is 0.0407. The van der Waals surface area contributed by atoms with E-state index in [0.717, 1.165) is 5.56 Å². The monoisotopic (exact) mass is 482 g/mol. The number of anilines is 2. The fraction of sp³-hybridized carbons (Fsp3) is 0.423. The number of carbonyl (C=O) groups is 2. The summed E-state index contributed by atoms with van der Waals surface area (Å²) in [5, 5.41) is 17.0. The molecule has 3 aromatic rings. The second-order valence-electron chi connectivity index (χ2n) is 9.23. The van der Waals surface area contributed by atoms with Crippen LogP contribution in [-0.4, -0.2) is 59.0 Å². The maximum absolute atomic E-state index is 13.0. The Balaban J connectivity index is 2.05. The van der Waals surface area contributed by atoms with Gasteiger partial charge in [0.15, 0.2) is 5.69 Å². The fourth-order valence-electron chi connectivity index (χ4n) is 4.19. The Morgan fingerprint density at radius 2 is 1.91 bits per heavy atom. The number of benzene rings is 1. The zero-order valence-corrected chi connectivity index (χ0v) is 20.9. The summed E-state index contributed by atoms with van der Waals surface area (Å²) in [6.07, 6.45) is 2.34. The fourth-order valence-corrected chi connectivity index (χ4v) is 4.19. The van der Waals surface area contributed by atoms with Crippen LogP contribution in [0.5, 0.6) is 0 Å². The number of ether oxygens (including phenoxy) is 2. The SMILES string of the molecule is COCCn1c(C(=O)OC)c(NC(=O)Cc2ccccc2)c2cc(N[C@H](C)CC(C)(C)O)cnc21. The third-order valence-electron chi connectivity index (χ3n) is 5.49. The molecule has 2 aromatic heterocycles. The number of carbonyl (C=O) groups excluding carboxylic acids is 2. The lowest BCUT2D eigenvalue weighted by atomic mass is 10.0. The molecule has 3 N–H and O–H groups in total. The van der Waals surface area contributed by atoms with Crippen molar-refractivity contribution in [2.24, 2.45) is 0 Å². The average Bonchev–Trinajstić information content (AvgIpc) is 3.08. The third kappa shape index (κ3) is 6.80. The first kappa shape index (κ1) is 26.2. The van der Waals surface area contributed by atoms with Crippen molar-refractivity contribution in [3.63, 3.8) is 0 Å². The summed E-state index contributed by atoms with van der Waals surface area (Å²) in [5.74, 6) is -0.847. The van der Waals surface area contributed by atoms with E-state index in [9.17, 15) is 14.7 Å². The molecule has 35 heavy (non-hydrogen) atoms. The molecule has 3 rings (SSSR count). The van der Waals surface area contributed by atoms with Gasteiger partial charge in [-0.3, -0.25) is 4.79 Å². The highest BCUT2D eigenvalue weighted by atomic mass is 16.5. The Bertz CT molecular complexity index is 1170. The van der Waals surface area contributed by atoms with Gasteiger partial charge in [0.05, 0.1) is 43.3 Å². The van der Waals surface area contributed by atoms with Gasteiger partial charge in [-0.2, -0.15) is 0 Å². The molecule has 188 valence electrons. The van der Waals surface area contributed by atoms with Gasteiger partial charge in [0.2, 0.25) is 5.91 Å². The number of hydrogen-bond acceptors (Lipinski definition) is 7. The molecule has 0 radical (unpaired) electrons. The molecule has 0 aliphatic rings. The third-order valence-corrected chi connectivity index (χ3v) is 5.49. The molecule has 1 aromatic carbocycles. The minimum atomic E-state index is -0.831. The molecule has 0 unspecified atom stereocenters. The van der Waals surface area contributed by atoms with Gasteiger partial charge in [-0.05, 0) is 38.8 Å². The zero-order chi connectivity index (χ0) is 25.6. The van der Waals surface area contributed by atoms with Crippen molar-refractivity contribution in [3.05, 3.63) is 53.9 Å². The van der Waals surface area contributed by atoms with Gasteiger partial charge in [0.25, 0.3) is 0 Å². The van der Waals surface area contributed by atoms with Crippen molar-refractivity contribution in [1.29, 1.82) is 0 Å². The number of methoxy groups -OCH3 is 2. The second-order valence-corrected chi connectivity index (χ2v) is 9.23. The summed E-state index contributed by atoms with van der Waals surface area (Å²) in [6, 6.07) is 11.2. The molecule has 0 aliphatic carbocycles. The predicted molar refractivity (Wildman–Crippen MR) is 136 cm³/mol. The number of nitrogens with one attached hydrogen (secondary N) is 2. The molecule has 1 atom stereocenters. The quantitative estimate of drug-likeness (QED) is 0.358. The summed E-state index contributed by atoms with van der Waals surface area (Å²) in [4.78, 5) is 30.4. The summed E-state index contributed by atoms with van der Waals surface area (Å²) in [6.45, 7) is 6.17. The smallest absolute Gasteiger partial charge is 0.356 e. The molecule has 0 spiro atoms. The number of fused-ring (bicyclic) bond motifs is 1. The van der Waals surface area contributed by atoms with Crippen LogP contribution < -0.4 is 10.6 Å². The van der Waals surface area contributed by atoms with Crippen molar-refractivity contribution in [2.45, 2.75) is 51.8 Å². The topological polar surface area (TPSA) is 115 Å². The molecule has 9 heteroatoms. The van der Waals surface area contributed by atoms with E-state index >= 15 is 0 Å². The number of pyridine rings is 1. The van der Waals surface area contributed by atoms with E-state index in [0.29, 0.717) is 42.0 Å². The van der Waals surface area contributed by atoms with Gasteiger partial charge >= 0.3 is 5.97 Å². The largest absolute Gasteiger partial charge is 0.464 e. The summed E-state index contributed by atoms with van der Waals surface area (Å²) in [5.41, 5.74) is 1.80. The summed E-state index contributed by atoms with van der Waals surface area (Å²) in [7, 11) is 2.88. The van der Waals surface area contributed by atoms with Crippen molar-refractivity contribution in [2.75, 3.05) is 31.5 Å². The van der Waals surface area contributed by atoms with Gasteiger partial charge in [0, 0.05) is 25.1 Å². The highest BCUT2D eigenvalue weighted by Crippen LogP contribution is 2.33. The Labute approximate surface area is 205 Å². The lowest BCUT2D eigenvalue weighted by Crippen LogP contribution is -2.29. The lowest BCUT2D eigenvalue weighted by molar-refractivity contribution is -0.115. The van der Waals surface area contributed by atoms with Gasteiger partial charge in [-0.1, -0.05) is 30.3 Å². The molecule has 0 saturated heterocycles. The molecule has 0 bridgehead atoms. The summed E-state index contributed by atoms with van der Waals surface area (Å²) < 4.78 is 12.0. The molecular formula is C26H34N4O5. The van der Waals surface area contributed by atoms with Crippen LogP contribution in [0, 0.1) is 0 Å². The van der Waals surface area contributed by atoms with E-state index in [4.69, 9.17) is 9.47 Å². The Hall–Kier alpha value is -3.43. The van der Waals surface area contributed by atoms with Gasteiger partial charge in [0.1, 0.15) is 5.65 Å². The van der Waals surface area contributed by atoms with Crippen LogP contribution in [0.3, 0.4) is 0 Å². The van der Waals surface area contributed by atoms with Crippen LogP contribution in [-0.2, 0) is 27.2 Å². The second kappa shape index (κ2) is 11.3. The lowest BCUT2D eigenvalue weighted by Gasteiger charge is -2.23. The number of nitrogens with zero attached hydrogens (tertiary/aromatic N) is 2. The first-order valence-electron chi connectivity index (χ1n) is 11.5. The maximum atomic E-state index is 13.0. The van der Waals surface area contributed by atoms with Crippen molar-refractivity contribution in [3.8, 4) is 0 Å². The number of rotatable bonds is 11. The van der Waals surface area contributed by atoms with Gasteiger partial charge < -0.3 is 29.8 Å². The Kier molecular flexibility index (Phi) is 8.48. The first-order chi connectivity index (χ1) is 16.6. The van der Waals surface area contributed by atoms with Crippen LogP contribution in [0.1, 0.15) is 43.2 Å². The zero-order valence-electron chi connectivity index (χ0n) is 20.9. The Morgan fingerprint density at radius 3 is 2.54 bits per heavy atom. The molecule has 0 fully saturated rings. The van der Waals surface area contributed by atoms with Crippen molar-refractivity contribution in [1.82, 2.24) is 9.55 Å². The number of amides is 1. The number of aliphatic hydroxyl groups is 1. The van der Waals surface area contributed by atoms with Gasteiger partial charge in [-0.15, -0.1) is 0 Å². The van der Waals surface area contributed by atoms with Crippen LogP contribution in [0.25, 0.3) is 11.0 Å². The molecule has 0 saturated carbocycles. The molecule has 0 aliphatic heterocycles. The number of aromatic nitrogens is 2. The van der Waals surface area contributed by atoms with E-state index < -0.39 is 11.6 Å². The molecule has 9 nitrogen and oxygen atoms in total. The minimum Gasteiger partial charge on any atom is -0.464 e. The molecule has 1 amide bonds. The Morgan fingerprint density at radius 1 is 1.20 bits per heavy atom. The average molecular weight is 483 g/mol. The van der Waals surface area contributed by atoms with Crippen LogP contribution in [0.4, 0.5) is 11.4 Å². The van der Waals surface area contributed by atoms with Crippen LogP contribution in [0.15, 0.2) is 42.6 Å². The van der Waals surface area contributed by atoms with E-state index in [1.807, 2.05) is 43.3 Å². The normalized spacial score (nSPS) is 12.4. The maximum Gasteiger partial charge on any atom is 0.356 e. The van der Waals surface area contributed by atoms with E-state index in [1.54, 1.807) is 31.7 Å². The highest BCUT2D eigenvalue weighted by molar-refractivity contribution is 6.11. The highest BCUT2D eigenvalue weighted by Gasteiger charge is 2.26. The predicted octanol–water partition coefficient (Wildman–Crippen LogP) is 3.61. The van der Waals surface area contributed by atoms with E-state index in [2.05, 4.69) is 15.6 Å².